The quantitative estimate of drug-likeness (QED) is 0.698. The van der Waals surface area contributed by atoms with Crippen LogP contribution in [-0.4, -0.2) is 17.6 Å². The maximum Gasteiger partial charge on any atom is 0.238 e. The Hall–Kier alpha value is -2.17. The Morgan fingerprint density at radius 3 is 2.27 bits per heavy atom. The standard InChI is InChI=1S/C20H13Cl2NO3/c21-13-6-5-9(7-14(13)22)23-19(25)17-12-8-15(24)16(18(17)20(23)26)11-4-2-1-3-10(11)12/h1-7,12,16-18H,8H2/t12-,16+,17+,18+/m1/s1. The van der Waals surface area contributed by atoms with Gasteiger partial charge in [-0.3, -0.25) is 14.4 Å². The average Bonchev–Trinajstić information content (AvgIpc) is 2.90. The molecule has 130 valence electrons. The highest BCUT2D eigenvalue weighted by Crippen LogP contribution is 2.57. The maximum atomic E-state index is 13.2. The molecule has 1 saturated heterocycles. The predicted octanol–water partition coefficient (Wildman–Crippen LogP) is 3.95. The minimum Gasteiger partial charge on any atom is -0.299 e. The zero-order valence-corrected chi connectivity index (χ0v) is 15.0. The molecule has 2 aromatic rings. The van der Waals surface area contributed by atoms with Crippen LogP contribution in [0.4, 0.5) is 5.69 Å². The van der Waals surface area contributed by atoms with Gasteiger partial charge in [0.05, 0.1) is 33.5 Å². The highest BCUT2D eigenvalue weighted by atomic mass is 35.5. The number of carbonyl (C=O) groups is 3. The molecule has 2 aromatic carbocycles. The van der Waals surface area contributed by atoms with Crippen molar-refractivity contribution >= 4 is 46.5 Å². The van der Waals surface area contributed by atoms with Gasteiger partial charge in [-0.1, -0.05) is 47.5 Å². The summed E-state index contributed by atoms with van der Waals surface area (Å²) < 4.78 is 0. The second-order valence-corrected chi connectivity index (χ2v) is 7.86. The minimum absolute atomic E-state index is 0.0482. The summed E-state index contributed by atoms with van der Waals surface area (Å²) >= 11 is 12.0. The molecule has 26 heavy (non-hydrogen) atoms. The van der Waals surface area contributed by atoms with Gasteiger partial charge >= 0.3 is 0 Å². The summed E-state index contributed by atoms with van der Waals surface area (Å²) in [7, 11) is 0. The van der Waals surface area contributed by atoms with Crippen molar-refractivity contribution < 1.29 is 14.4 Å². The zero-order chi connectivity index (χ0) is 18.2. The lowest BCUT2D eigenvalue weighted by molar-refractivity contribution is -0.134. The molecular formula is C20H13Cl2NO3. The molecule has 0 N–H and O–H groups in total. The van der Waals surface area contributed by atoms with Gasteiger partial charge in [0.1, 0.15) is 5.78 Å². The SMILES string of the molecule is O=C1C[C@@H]2c3ccccc3[C@@H]1[C@@H]1C(=O)N(c3ccc(Cl)c(Cl)c3)C(=O)[C@H]12. The molecule has 1 aliphatic heterocycles. The van der Waals surface area contributed by atoms with Crippen LogP contribution in [0.5, 0.6) is 0 Å². The topological polar surface area (TPSA) is 54.5 Å². The number of benzene rings is 2. The number of Topliss-reactive ketones (excluding diaryl/α,β-unsaturated/α-hetero) is 1. The number of imide groups is 1. The van der Waals surface area contributed by atoms with E-state index in [0.29, 0.717) is 17.1 Å². The lowest BCUT2D eigenvalue weighted by atomic mass is 9.56. The fraction of sp³-hybridized carbons (Fsp3) is 0.250. The second-order valence-electron chi connectivity index (χ2n) is 7.05. The van der Waals surface area contributed by atoms with Crippen LogP contribution >= 0.6 is 23.2 Å². The van der Waals surface area contributed by atoms with Crippen molar-refractivity contribution in [3.63, 3.8) is 0 Å². The third-order valence-electron chi connectivity index (χ3n) is 5.85. The van der Waals surface area contributed by atoms with Crippen LogP contribution in [0.15, 0.2) is 42.5 Å². The van der Waals surface area contributed by atoms with Crippen LogP contribution in [0.1, 0.15) is 29.4 Å². The Labute approximate surface area is 159 Å². The molecule has 0 radical (unpaired) electrons. The van der Waals surface area contributed by atoms with Crippen molar-refractivity contribution in [1.29, 1.82) is 0 Å². The number of nitrogens with zero attached hydrogens (tertiary/aromatic N) is 1. The van der Waals surface area contributed by atoms with E-state index in [-0.39, 0.29) is 28.5 Å². The van der Waals surface area contributed by atoms with Gasteiger partial charge in [-0.2, -0.15) is 0 Å². The molecule has 0 unspecified atom stereocenters. The molecule has 1 saturated carbocycles. The number of rotatable bonds is 1. The van der Waals surface area contributed by atoms with E-state index < -0.39 is 17.8 Å². The van der Waals surface area contributed by atoms with E-state index in [4.69, 9.17) is 23.2 Å². The van der Waals surface area contributed by atoms with Crippen LogP contribution in [0, 0.1) is 11.8 Å². The maximum absolute atomic E-state index is 13.2. The minimum atomic E-state index is -0.627. The van der Waals surface area contributed by atoms with Gasteiger partial charge in [0, 0.05) is 12.3 Å². The lowest BCUT2D eigenvalue weighted by Gasteiger charge is -2.43. The van der Waals surface area contributed by atoms with E-state index in [9.17, 15) is 14.4 Å². The van der Waals surface area contributed by atoms with Gasteiger partial charge in [-0.15, -0.1) is 0 Å². The summed E-state index contributed by atoms with van der Waals surface area (Å²) in [6, 6.07) is 12.4. The summed E-state index contributed by atoms with van der Waals surface area (Å²) in [6.07, 6.45) is 0.317. The highest BCUT2D eigenvalue weighted by Gasteiger charge is 2.62. The molecule has 4 aliphatic rings. The van der Waals surface area contributed by atoms with Gasteiger partial charge in [0.15, 0.2) is 0 Å². The zero-order valence-electron chi connectivity index (χ0n) is 13.5. The molecule has 1 heterocycles. The molecular weight excluding hydrogens is 373 g/mol. The fourth-order valence-electron chi connectivity index (χ4n) is 4.84. The normalized spacial score (nSPS) is 29.2. The number of anilines is 1. The van der Waals surface area contributed by atoms with Gasteiger partial charge in [0.2, 0.25) is 11.8 Å². The fourth-order valence-corrected chi connectivity index (χ4v) is 5.13. The smallest absolute Gasteiger partial charge is 0.238 e. The number of fused-ring (bicyclic) bond motifs is 1. The van der Waals surface area contributed by atoms with Crippen molar-refractivity contribution in [2.75, 3.05) is 4.90 Å². The first-order valence-corrected chi connectivity index (χ1v) is 9.19. The Bertz CT molecular complexity index is 1000. The van der Waals surface area contributed by atoms with Crippen molar-refractivity contribution in [1.82, 2.24) is 0 Å². The Balaban J connectivity index is 1.65. The average molecular weight is 386 g/mol. The highest BCUT2D eigenvalue weighted by molar-refractivity contribution is 6.42. The monoisotopic (exact) mass is 385 g/mol. The Kier molecular flexibility index (Phi) is 3.34. The summed E-state index contributed by atoms with van der Waals surface area (Å²) in [4.78, 5) is 40.2. The summed E-state index contributed by atoms with van der Waals surface area (Å²) in [5.74, 6) is -2.42. The van der Waals surface area contributed by atoms with Crippen molar-refractivity contribution in [2.45, 2.75) is 18.3 Å². The summed E-state index contributed by atoms with van der Waals surface area (Å²) in [5, 5.41) is 0.636. The van der Waals surface area contributed by atoms with Crippen molar-refractivity contribution in [3.8, 4) is 0 Å². The number of hydrogen-bond acceptors (Lipinski definition) is 3. The van der Waals surface area contributed by atoms with E-state index in [1.807, 2.05) is 24.3 Å². The molecule has 6 heteroatoms. The van der Waals surface area contributed by atoms with Crippen LogP contribution in [0.3, 0.4) is 0 Å². The molecule has 6 rings (SSSR count). The van der Waals surface area contributed by atoms with Crippen LogP contribution in [0.2, 0.25) is 10.0 Å². The van der Waals surface area contributed by atoms with Crippen LogP contribution in [0.25, 0.3) is 0 Å². The number of amides is 2. The van der Waals surface area contributed by atoms with Gasteiger partial charge in [-0.05, 0) is 29.3 Å². The van der Waals surface area contributed by atoms with Crippen LogP contribution in [-0.2, 0) is 14.4 Å². The number of hydrogen-bond donors (Lipinski definition) is 0. The third kappa shape index (κ3) is 1.94. The first kappa shape index (κ1) is 16.0. The van der Waals surface area contributed by atoms with Gasteiger partial charge in [-0.25, -0.2) is 4.90 Å². The van der Waals surface area contributed by atoms with E-state index in [1.165, 1.54) is 11.0 Å². The number of halogens is 2. The second kappa shape index (κ2) is 5.41. The largest absolute Gasteiger partial charge is 0.299 e. The molecule has 0 aromatic heterocycles. The number of ketones is 1. The molecule has 3 aliphatic carbocycles. The first-order valence-electron chi connectivity index (χ1n) is 8.43. The van der Waals surface area contributed by atoms with E-state index in [0.717, 1.165) is 11.1 Å². The predicted molar refractivity (Wildman–Crippen MR) is 97.5 cm³/mol. The van der Waals surface area contributed by atoms with E-state index in [1.54, 1.807) is 12.1 Å². The molecule has 4 atom stereocenters. The lowest BCUT2D eigenvalue weighted by Crippen LogP contribution is -2.44. The molecule has 2 fully saturated rings. The Morgan fingerprint density at radius 1 is 0.846 bits per heavy atom. The molecule has 2 amide bonds. The van der Waals surface area contributed by atoms with E-state index >= 15 is 0 Å². The Morgan fingerprint density at radius 2 is 1.54 bits per heavy atom. The summed E-state index contributed by atoms with van der Waals surface area (Å²) in [6.45, 7) is 0. The number of carbonyl (C=O) groups excluding carboxylic acids is 3. The van der Waals surface area contributed by atoms with Crippen LogP contribution < -0.4 is 4.90 Å². The molecule has 4 nitrogen and oxygen atoms in total. The van der Waals surface area contributed by atoms with Crippen molar-refractivity contribution in [2.24, 2.45) is 11.8 Å². The molecule has 0 spiro atoms. The first-order chi connectivity index (χ1) is 12.5. The third-order valence-corrected chi connectivity index (χ3v) is 6.59. The van der Waals surface area contributed by atoms with E-state index in [2.05, 4.69) is 0 Å². The van der Waals surface area contributed by atoms with Gasteiger partial charge in [0.25, 0.3) is 0 Å². The molecule has 2 bridgehead atoms. The van der Waals surface area contributed by atoms with Crippen molar-refractivity contribution in [3.05, 3.63) is 63.6 Å². The summed E-state index contributed by atoms with van der Waals surface area (Å²) in [5.41, 5.74) is 2.32. The van der Waals surface area contributed by atoms with Gasteiger partial charge < -0.3 is 0 Å².